The first-order valence-electron chi connectivity index (χ1n) is 7.74. The zero-order chi connectivity index (χ0) is 16.3. The summed E-state index contributed by atoms with van der Waals surface area (Å²) in [5.74, 6) is 0.248. The molecular weight excluding hydrogens is 302 g/mol. The van der Waals surface area contributed by atoms with Crippen molar-refractivity contribution in [3.63, 3.8) is 0 Å². The van der Waals surface area contributed by atoms with E-state index in [1.165, 1.54) is 4.31 Å². The van der Waals surface area contributed by atoms with Crippen molar-refractivity contribution in [2.75, 3.05) is 31.9 Å². The van der Waals surface area contributed by atoms with Crippen molar-refractivity contribution in [3.8, 4) is 0 Å². The highest BCUT2D eigenvalue weighted by atomic mass is 32.2. The molecule has 1 saturated heterocycles. The summed E-state index contributed by atoms with van der Waals surface area (Å²) in [6.45, 7) is 7.55. The average molecular weight is 327 g/mol. The lowest BCUT2D eigenvalue weighted by atomic mass is 10.1. The fraction of sp³-hybridized carbons (Fsp3) is 0.667. The Labute approximate surface area is 132 Å². The second-order valence-corrected chi connectivity index (χ2v) is 7.96. The van der Waals surface area contributed by atoms with Gasteiger partial charge in [0.1, 0.15) is 0 Å². The van der Waals surface area contributed by atoms with E-state index in [1.807, 2.05) is 26.8 Å². The van der Waals surface area contributed by atoms with Crippen molar-refractivity contribution in [2.45, 2.75) is 33.6 Å². The SMILES string of the molecule is CCCS(=O)(=O)N1CCN(C(=O)Cc2cc(C)[nH]c2C)CC1. The molecule has 124 valence electrons. The Morgan fingerprint density at radius 1 is 1.23 bits per heavy atom. The van der Waals surface area contributed by atoms with Crippen LogP contribution < -0.4 is 0 Å². The quantitative estimate of drug-likeness (QED) is 0.879. The smallest absolute Gasteiger partial charge is 0.227 e. The van der Waals surface area contributed by atoms with E-state index in [4.69, 9.17) is 0 Å². The maximum Gasteiger partial charge on any atom is 0.227 e. The van der Waals surface area contributed by atoms with Crippen LogP contribution in [0.1, 0.15) is 30.3 Å². The Morgan fingerprint density at radius 3 is 2.36 bits per heavy atom. The molecule has 1 amide bonds. The molecule has 0 saturated carbocycles. The van der Waals surface area contributed by atoms with Crippen LogP contribution in [0, 0.1) is 13.8 Å². The topological polar surface area (TPSA) is 73.5 Å². The number of H-pyrrole nitrogens is 1. The van der Waals surface area contributed by atoms with Gasteiger partial charge in [-0.25, -0.2) is 8.42 Å². The third kappa shape index (κ3) is 3.89. The van der Waals surface area contributed by atoms with E-state index in [0.717, 1.165) is 17.0 Å². The number of sulfonamides is 1. The number of hydrogen-bond donors (Lipinski definition) is 1. The summed E-state index contributed by atoms with van der Waals surface area (Å²) in [6, 6.07) is 2.00. The number of nitrogens with one attached hydrogen (secondary N) is 1. The van der Waals surface area contributed by atoms with E-state index < -0.39 is 10.0 Å². The number of nitrogens with zero attached hydrogens (tertiary/aromatic N) is 2. The molecule has 7 heteroatoms. The highest BCUT2D eigenvalue weighted by Crippen LogP contribution is 2.14. The molecule has 2 heterocycles. The number of carbonyl (C=O) groups is 1. The number of amides is 1. The minimum absolute atomic E-state index is 0.0645. The van der Waals surface area contributed by atoms with Crippen LogP contribution in [0.5, 0.6) is 0 Å². The zero-order valence-electron chi connectivity index (χ0n) is 13.6. The monoisotopic (exact) mass is 327 g/mol. The van der Waals surface area contributed by atoms with E-state index in [0.29, 0.717) is 39.0 Å². The maximum atomic E-state index is 12.4. The molecule has 1 N–H and O–H groups in total. The summed E-state index contributed by atoms with van der Waals surface area (Å²) in [5, 5.41) is 0. The van der Waals surface area contributed by atoms with Crippen molar-refractivity contribution in [3.05, 3.63) is 23.0 Å². The summed E-state index contributed by atoms with van der Waals surface area (Å²) < 4.78 is 25.5. The second-order valence-electron chi connectivity index (χ2n) is 5.88. The number of hydrogen-bond acceptors (Lipinski definition) is 3. The molecule has 1 aliphatic heterocycles. The highest BCUT2D eigenvalue weighted by molar-refractivity contribution is 7.89. The van der Waals surface area contributed by atoms with Gasteiger partial charge in [0.2, 0.25) is 15.9 Å². The molecule has 0 bridgehead atoms. The van der Waals surface area contributed by atoms with Gasteiger partial charge in [-0.3, -0.25) is 4.79 Å². The molecule has 0 atom stereocenters. The van der Waals surface area contributed by atoms with Crippen LogP contribution in [0.2, 0.25) is 0 Å². The number of carbonyl (C=O) groups excluding carboxylic acids is 1. The normalized spacial score (nSPS) is 17.0. The molecule has 1 fully saturated rings. The van der Waals surface area contributed by atoms with Gasteiger partial charge in [0.05, 0.1) is 12.2 Å². The lowest BCUT2D eigenvalue weighted by Gasteiger charge is -2.34. The van der Waals surface area contributed by atoms with Crippen LogP contribution >= 0.6 is 0 Å². The van der Waals surface area contributed by atoms with Crippen LogP contribution in [0.15, 0.2) is 6.07 Å². The summed E-state index contributed by atoms with van der Waals surface area (Å²) in [6.07, 6.45) is 0.992. The molecule has 1 aromatic heterocycles. The average Bonchev–Trinajstić information content (AvgIpc) is 2.77. The highest BCUT2D eigenvalue weighted by Gasteiger charge is 2.28. The molecule has 0 aromatic carbocycles. The van der Waals surface area contributed by atoms with Crippen LogP contribution in [0.3, 0.4) is 0 Å². The van der Waals surface area contributed by atoms with Gasteiger partial charge in [-0.2, -0.15) is 4.31 Å². The predicted octanol–water partition coefficient (Wildman–Crippen LogP) is 1.06. The zero-order valence-corrected chi connectivity index (χ0v) is 14.4. The first kappa shape index (κ1) is 17.0. The minimum atomic E-state index is -3.15. The summed E-state index contributed by atoms with van der Waals surface area (Å²) in [5.41, 5.74) is 3.09. The van der Waals surface area contributed by atoms with Gasteiger partial charge in [-0.15, -0.1) is 0 Å². The van der Waals surface area contributed by atoms with Crippen molar-refractivity contribution < 1.29 is 13.2 Å². The Bertz CT molecular complexity index is 628. The van der Waals surface area contributed by atoms with E-state index >= 15 is 0 Å². The molecule has 0 spiro atoms. The lowest BCUT2D eigenvalue weighted by Crippen LogP contribution is -2.51. The van der Waals surface area contributed by atoms with Crippen molar-refractivity contribution in [1.82, 2.24) is 14.2 Å². The van der Waals surface area contributed by atoms with Gasteiger partial charge >= 0.3 is 0 Å². The largest absolute Gasteiger partial charge is 0.362 e. The van der Waals surface area contributed by atoms with E-state index in [-0.39, 0.29) is 11.7 Å². The number of rotatable bonds is 5. The summed E-state index contributed by atoms with van der Waals surface area (Å²) in [4.78, 5) is 17.3. The lowest BCUT2D eigenvalue weighted by molar-refractivity contribution is -0.131. The van der Waals surface area contributed by atoms with E-state index in [2.05, 4.69) is 4.98 Å². The van der Waals surface area contributed by atoms with Crippen molar-refractivity contribution in [1.29, 1.82) is 0 Å². The maximum absolute atomic E-state index is 12.4. The third-order valence-corrected chi connectivity index (χ3v) is 6.12. The Kier molecular flexibility index (Phi) is 5.28. The van der Waals surface area contributed by atoms with Gasteiger partial charge in [-0.1, -0.05) is 6.92 Å². The minimum Gasteiger partial charge on any atom is -0.362 e. The van der Waals surface area contributed by atoms with Crippen molar-refractivity contribution in [2.24, 2.45) is 0 Å². The molecular formula is C15H25N3O3S. The predicted molar refractivity (Wildman–Crippen MR) is 86.2 cm³/mol. The number of aromatic amines is 1. The fourth-order valence-electron chi connectivity index (χ4n) is 2.84. The molecule has 22 heavy (non-hydrogen) atoms. The van der Waals surface area contributed by atoms with Crippen molar-refractivity contribution >= 4 is 15.9 Å². The van der Waals surface area contributed by atoms with Gasteiger partial charge < -0.3 is 9.88 Å². The Hall–Kier alpha value is -1.34. The third-order valence-electron chi connectivity index (χ3n) is 4.05. The Balaban J connectivity index is 1.91. The van der Waals surface area contributed by atoms with Crippen LogP contribution in [0.25, 0.3) is 0 Å². The first-order chi connectivity index (χ1) is 10.3. The molecule has 0 radical (unpaired) electrons. The molecule has 0 unspecified atom stereocenters. The number of aromatic nitrogens is 1. The van der Waals surface area contributed by atoms with Crippen LogP contribution in [-0.4, -0.2) is 60.4 Å². The van der Waals surface area contributed by atoms with Gasteiger partial charge in [-0.05, 0) is 31.9 Å². The standard InChI is InChI=1S/C15H25N3O3S/c1-4-9-22(20,21)18-7-5-17(6-8-18)15(19)11-14-10-12(2)16-13(14)3/h10,16H,4-9,11H2,1-3H3. The van der Waals surface area contributed by atoms with E-state index in [1.54, 1.807) is 4.90 Å². The Morgan fingerprint density at radius 2 is 1.86 bits per heavy atom. The first-order valence-corrected chi connectivity index (χ1v) is 9.35. The molecule has 2 rings (SSSR count). The molecule has 1 aliphatic rings. The molecule has 1 aromatic rings. The number of piperazine rings is 1. The summed E-state index contributed by atoms with van der Waals surface area (Å²) in [7, 11) is -3.15. The van der Waals surface area contributed by atoms with Crippen LogP contribution in [-0.2, 0) is 21.2 Å². The molecule has 0 aliphatic carbocycles. The van der Waals surface area contributed by atoms with E-state index in [9.17, 15) is 13.2 Å². The second kappa shape index (κ2) is 6.83. The van der Waals surface area contributed by atoms with Gasteiger partial charge in [0.25, 0.3) is 0 Å². The number of aryl methyl sites for hydroxylation is 2. The fourth-order valence-corrected chi connectivity index (χ4v) is 4.34. The van der Waals surface area contributed by atoms with Gasteiger partial charge in [0, 0.05) is 37.6 Å². The van der Waals surface area contributed by atoms with Crippen LogP contribution in [0.4, 0.5) is 0 Å². The summed E-state index contributed by atoms with van der Waals surface area (Å²) >= 11 is 0. The van der Waals surface area contributed by atoms with Gasteiger partial charge in [0.15, 0.2) is 0 Å². The molecule has 6 nitrogen and oxygen atoms in total.